The van der Waals surface area contributed by atoms with Crippen molar-refractivity contribution in [1.29, 1.82) is 0 Å². The monoisotopic (exact) mass is 666 g/mol. The second-order valence-electron chi connectivity index (χ2n) is 11.6. The van der Waals surface area contributed by atoms with Gasteiger partial charge in [-0.2, -0.15) is 15.0 Å². The minimum Gasteiger partial charge on any atom is -0.506 e. The molecule has 13 nitrogen and oxygen atoms in total. The first kappa shape index (κ1) is 35.4. The van der Waals surface area contributed by atoms with Crippen LogP contribution in [0.3, 0.4) is 0 Å². The number of aryl methyl sites for hydroxylation is 1. The van der Waals surface area contributed by atoms with Gasteiger partial charge in [0.2, 0.25) is 17.8 Å². The summed E-state index contributed by atoms with van der Waals surface area (Å²) in [4.78, 5) is 16.5. The third kappa shape index (κ3) is 8.65. The Morgan fingerprint density at radius 3 is 2.28 bits per heavy atom. The summed E-state index contributed by atoms with van der Waals surface area (Å²) in [5.74, 6) is 1.29. The van der Waals surface area contributed by atoms with E-state index in [1.165, 1.54) is 16.8 Å². The maximum atomic E-state index is 13.9. The minimum atomic E-state index is -4.00. The molecule has 2 aliphatic rings. The van der Waals surface area contributed by atoms with Crippen LogP contribution < -0.4 is 37.5 Å². The summed E-state index contributed by atoms with van der Waals surface area (Å²) < 4.78 is 29.1. The van der Waals surface area contributed by atoms with Crippen molar-refractivity contribution in [2.75, 3.05) is 46.0 Å². The van der Waals surface area contributed by atoms with Gasteiger partial charge >= 0.3 is 0 Å². The summed E-state index contributed by atoms with van der Waals surface area (Å²) in [5, 5.41) is 21.4. The highest BCUT2D eigenvalue weighted by atomic mass is 32.2. The molecule has 3 aromatic carbocycles. The Morgan fingerprint density at radius 2 is 1.60 bits per heavy atom. The van der Waals surface area contributed by atoms with Crippen molar-refractivity contribution in [3.63, 3.8) is 0 Å². The van der Waals surface area contributed by atoms with Crippen LogP contribution >= 0.6 is 0 Å². The molecule has 2 aliphatic heterocycles. The van der Waals surface area contributed by atoms with Crippen LogP contribution in [0.2, 0.25) is 0 Å². The van der Waals surface area contributed by atoms with Crippen LogP contribution in [-0.2, 0) is 16.6 Å². The average Bonchev–Trinajstić information content (AvgIpc) is 3.05. The average molecular weight is 667 g/mol. The fraction of sp³-hybridized carbons (Fsp3) is 0.364. The van der Waals surface area contributed by atoms with Crippen molar-refractivity contribution in [2.24, 2.45) is 0 Å². The highest BCUT2D eigenvalue weighted by Crippen LogP contribution is 2.36. The fourth-order valence-corrected chi connectivity index (χ4v) is 7.16. The summed E-state index contributed by atoms with van der Waals surface area (Å²) >= 11 is 0. The fourth-order valence-electron chi connectivity index (χ4n) is 5.70. The standard InChI is InChI=1S/C33H40N8O3S.2H3N.2H2/c1-24-10-13-28(14-11-24)45(43,44)41(23-25-8-4-2-5-9-25)29-15-12-27(22-30(29)42)36-32-37-31(35-26-16-18-34-19-17-26)38-33(39-32)40-20-6-3-7-21-40;;;;/h2,4-5,8-15,22,26,34,42H,3,6-7,16-21,23H2,1H3,(H2,35,36,37,38,39);2*1H3;2*1H. The Morgan fingerprint density at radius 1 is 0.915 bits per heavy atom. The lowest BCUT2D eigenvalue weighted by Crippen LogP contribution is -2.36. The predicted octanol–water partition coefficient (Wildman–Crippen LogP) is 5.99. The smallest absolute Gasteiger partial charge is 0.264 e. The van der Waals surface area contributed by atoms with Crippen LogP contribution in [0, 0.1) is 6.92 Å². The summed E-state index contributed by atoms with van der Waals surface area (Å²) in [5.41, 5.74) is 2.44. The van der Waals surface area contributed by atoms with Crippen LogP contribution in [-0.4, -0.2) is 60.7 Å². The molecule has 14 heteroatoms. The molecule has 0 spiro atoms. The summed E-state index contributed by atoms with van der Waals surface area (Å²) in [6.07, 6.45) is 5.33. The van der Waals surface area contributed by atoms with Crippen molar-refractivity contribution >= 4 is 39.2 Å². The Labute approximate surface area is 280 Å². The summed E-state index contributed by atoms with van der Waals surface area (Å²) in [7, 11) is -4.00. The number of aromatic hydroxyl groups is 1. The van der Waals surface area contributed by atoms with Gasteiger partial charge in [0.15, 0.2) is 0 Å². The van der Waals surface area contributed by atoms with Crippen LogP contribution in [0.1, 0.15) is 46.1 Å². The molecule has 2 fully saturated rings. The van der Waals surface area contributed by atoms with Gasteiger partial charge in [0, 0.05) is 33.7 Å². The molecular formula is C33H50N10O3S. The van der Waals surface area contributed by atoms with Crippen molar-refractivity contribution in [3.8, 4) is 5.75 Å². The van der Waals surface area contributed by atoms with E-state index >= 15 is 0 Å². The van der Waals surface area contributed by atoms with Gasteiger partial charge in [-0.05, 0) is 81.9 Å². The molecule has 1 aromatic heterocycles. The summed E-state index contributed by atoms with van der Waals surface area (Å²) in [6, 6.07) is 21.1. The number of benzene rings is 3. The lowest BCUT2D eigenvalue weighted by atomic mass is 10.1. The number of hydrogen-bond donors (Lipinski definition) is 6. The van der Waals surface area contributed by atoms with Crippen molar-refractivity contribution in [2.45, 2.75) is 56.5 Å². The molecule has 3 heterocycles. The molecule has 0 atom stereocenters. The van der Waals surface area contributed by atoms with E-state index in [9.17, 15) is 13.5 Å². The first-order chi connectivity index (χ1) is 21.8. The van der Waals surface area contributed by atoms with E-state index in [0.29, 0.717) is 23.5 Å². The lowest BCUT2D eigenvalue weighted by Gasteiger charge is -2.28. The first-order valence-corrected chi connectivity index (χ1v) is 17.0. The molecule has 4 aromatic rings. The number of piperidine rings is 2. The predicted molar refractivity (Wildman–Crippen MR) is 192 cm³/mol. The minimum absolute atomic E-state index is 0. The topological polar surface area (TPSA) is 206 Å². The van der Waals surface area contributed by atoms with Gasteiger partial charge < -0.3 is 38.3 Å². The van der Waals surface area contributed by atoms with Crippen molar-refractivity contribution in [3.05, 3.63) is 83.9 Å². The van der Waals surface area contributed by atoms with Crippen LogP contribution in [0.4, 0.5) is 29.2 Å². The third-order valence-electron chi connectivity index (χ3n) is 8.21. The van der Waals surface area contributed by atoms with Gasteiger partial charge in [-0.1, -0.05) is 48.0 Å². The van der Waals surface area contributed by atoms with Gasteiger partial charge in [0.1, 0.15) is 5.75 Å². The van der Waals surface area contributed by atoms with Gasteiger partial charge in [-0.25, -0.2) is 8.42 Å². The maximum Gasteiger partial charge on any atom is 0.264 e. The second kappa shape index (κ2) is 15.9. The molecule has 0 aliphatic carbocycles. The largest absolute Gasteiger partial charge is 0.506 e. The van der Waals surface area contributed by atoms with Crippen LogP contribution in [0.5, 0.6) is 5.75 Å². The molecular weight excluding hydrogens is 616 g/mol. The van der Waals surface area contributed by atoms with Crippen LogP contribution in [0.25, 0.3) is 0 Å². The molecule has 0 saturated carbocycles. The number of hydrogen-bond acceptors (Lipinski definition) is 12. The van der Waals surface area contributed by atoms with E-state index in [0.717, 1.165) is 63.0 Å². The van der Waals surface area contributed by atoms with Crippen LogP contribution in [0.15, 0.2) is 77.7 Å². The molecule has 47 heavy (non-hydrogen) atoms. The molecule has 0 radical (unpaired) electrons. The number of nitrogens with zero attached hydrogens (tertiary/aromatic N) is 5. The van der Waals surface area contributed by atoms with E-state index in [1.807, 2.05) is 37.3 Å². The number of phenols is 1. The maximum absolute atomic E-state index is 13.9. The lowest BCUT2D eigenvalue weighted by molar-refractivity contribution is 0.475. The van der Waals surface area contributed by atoms with E-state index in [1.54, 1.807) is 36.4 Å². The Bertz CT molecular complexity index is 1710. The van der Waals surface area contributed by atoms with E-state index in [4.69, 9.17) is 9.97 Å². The molecule has 0 bridgehead atoms. The van der Waals surface area contributed by atoms with E-state index in [-0.39, 0.29) is 44.1 Å². The summed E-state index contributed by atoms with van der Waals surface area (Å²) in [6.45, 7) is 5.62. The number of sulfonamides is 1. The van der Waals surface area contributed by atoms with E-state index in [2.05, 4.69) is 25.8 Å². The number of rotatable bonds is 10. The third-order valence-corrected chi connectivity index (χ3v) is 9.99. The van der Waals surface area contributed by atoms with Gasteiger partial charge in [-0.3, -0.25) is 4.31 Å². The van der Waals surface area contributed by atoms with E-state index < -0.39 is 10.0 Å². The zero-order valence-electron chi connectivity index (χ0n) is 26.9. The van der Waals surface area contributed by atoms with Crippen molar-refractivity contribution in [1.82, 2.24) is 32.6 Å². The zero-order chi connectivity index (χ0) is 31.2. The SMILES string of the molecule is Cc1ccc(S(=O)(=O)N(Cc2ccccc2)c2ccc(Nc3nc(NC4CCNCC4)nc(N4CCCCC4)n3)cc2O)cc1.N.N.[HH].[HH]. The molecule has 2 saturated heterocycles. The first-order valence-electron chi connectivity index (χ1n) is 15.6. The quantitative estimate of drug-likeness (QED) is 0.115. The highest BCUT2D eigenvalue weighted by Gasteiger charge is 2.28. The number of nitrogens with one attached hydrogen (secondary N) is 3. The Kier molecular flexibility index (Phi) is 11.9. The normalized spacial score (nSPS) is 15.2. The number of phenolic OH excluding ortho intramolecular Hbond substituents is 1. The Balaban J connectivity index is 0.00000208. The molecule has 256 valence electrons. The van der Waals surface area contributed by atoms with Gasteiger partial charge in [0.25, 0.3) is 10.0 Å². The molecule has 0 unspecified atom stereocenters. The second-order valence-corrected chi connectivity index (χ2v) is 13.5. The highest BCUT2D eigenvalue weighted by molar-refractivity contribution is 7.92. The number of anilines is 5. The number of aromatic nitrogens is 3. The molecule has 0 amide bonds. The molecule has 10 N–H and O–H groups in total. The van der Waals surface area contributed by atoms with Crippen molar-refractivity contribution < 1.29 is 16.4 Å². The molecule has 6 rings (SSSR count). The Hall–Kier alpha value is -4.50. The zero-order valence-corrected chi connectivity index (χ0v) is 27.7. The van der Waals surface area contributed by atoms with Gasteiger partial charge in [0.05, 0.1) is 17.1 Å². The van der Waals surface area contributed by atoms with Gasteiger partial charge in [-0.15, -0.1) is 0 Å².